The van der Waals surface area contributed by atoms with Gasteiger partial charge in [-0.25, -0.2) is 4.57 Å². The minimum Gasteiger partial charge on any atom is -0.462 e. The summed E-state index contributed by atoms with van der Waals surface area (Å²) in [5, 5.41) is 9.83. The quantitative estimate of drug-likeness (QED) is 0.0197. The second-order valence-corrected chi connectivity index (χ2v) is 22.0. The maximum atomic E-state index is 12.9. The second kappa shape index (κ2) is 56.6. The van der Waals surface area contributed by atoms with Gasteiger partial charge in [-0.05, 0) is 103 Å². The molecule has 0 aromatic carbocycles. The number of esters is 3. The van der Waals surface area contributed by atoms with Gasteiger partial charge in [0, 0.05) is 19.3 Å². The molecule has 0 spiro atoms. The number of aliphatic hydroxyl groups excluding tert-OH is 1. The maximum Gasteiger partial charge on any atom is 0.472 e. The largest absolute Gasteiger partial charge is 0.472 e. The number of aliphatic hydroxyl groups is 1. The molecule has 0 amide bonds. The highest BCUT2D eigenvalue weighted by molar-refractivity contribution is 7.47. The van der Waals surface area contributed by atoms with E-state index in [2.05, 4.69) is 69.4 Å². The van der Waals surface area contributed by atoms with Crippen LogP contribution in [0.25, 0.3) is 0 Å². The predicted octanol–water partition coefficient (Wildman–Crippen LogP) is 18.1. The van der Waals surface area contributed by atoms with Gasteiger partial charge >= 0.3 is 25.7 Å². The lowest BCUT2D eigenvalue weighted by molar-refractivity contribution is -0.161. The topological polar surface area (TPSA) is 155 Å². The van der Waals surface area contributed by atoms with Crippen LogP contribution in [-0.2, 0) is 42.2 Å². The molecule has 0 aromatic rings. The standard InChI is InChI=1S/C62H113O11P/c1-4-7-10-13-16-19-22-25-28-29-32-33-36-39-42-45-48-51-60(64)69-55-59(73-62(66)53-50-47-44-41-38-35-31-27-24-21-18-15-12-9-6-3)57-71-74(67,68)70-56-58(54-63)72-61(65)52-49-46-43-40-37-34-30-26-23-20-17-14-11-8-5-2/h16,19,25-28,30-31,58-59,63H,4-15,17-18,20-24,29,32-57H2,1-3H3,(H,67,68)/b19-16-,28-25-,30-26-,31-27-. The molecule has 0 saturated carbocycles. The Morgan fingerprint density at radius 2 is 0.662 bits per heavy atom. The molecule has 0 aliphatic carbocycles. The van der Waals surface area contributed by atoms with E-state index < -0.39 is 57.8 Å². The third-order valence-corrected chi connectivity index (χ3v) is 14.1. The van der Waals surface area contributed by atoms with Crippen LogP contribution in [-0.4, -0.2) is 66.5 Å². The van der Waals surface area contributed by atoms with Crippen LogP contribution in [0.4, 0.5) is 0 Å². The van der Waals surface area contributed by atoms with Crippen molar-refractivity contribution in [2.24, 2.45) is 0 Å². The van der Waals surface area contributed by atoms with Crippen molar-refractivity contribution in [3.63, 3.8) is 0 Å². The normalized spacial score (nSPS) is 13.6. The molecule has 12 heteroatoms. The summed E-state index contributed by atoms with van der Waals surface area (Å²) >= 11 is 0. The average Bonchev–Trinajstić information content (AvgIpc) is 3.39. The second-order valence-electron chi connectivity index (χ2n) is 20.5. The Morgan fingerprint density at radius 3 is 1.04 bits per heavy atom. The van der Waals surface area contributed by atoms with Crippen molar-refractivity contribution in [3.8, 4) is 0 Å². The summed E-state index contributed by atoms with van der Waals surface area (Å²) < 4.78 is 39.6. The molecular weight excluding hydrogens is 952 g/mol. The lowest BCUT2D eigenvalue weighted by Crippen LogP contribution is -2.30. The lowest BCUT2D eigenvalue weighted by Gasteiger charge is -2.21. The summed E-state index contributed by atoms with van der Waals surface area (Å²) in [5.41, 5.74) is 0. The van der Waals surface area contributed by atoms with Gasteiger partial charge in [-0.3, -0.25) is 23.4 Å². The molecule has 0 aliphatic heterocycles. The number of carbonyl (C=O) groups is 3. The number of rotatable bonds is 57. The van der Waals surface area contributed by atoms with Gasteiger partial charge < -0.3 is 24.2 Å². The monoisotopic (exact) mass is 1060 g/mol. The first-order chi connectivity index (χ1) is 36.2. The van der Waals surface area contributed by atoms with Gasteiger partial charge in [0.25, 0.3) is 0 Å². The lowest BCUT2D eigenvalue weighted by atomic mass is 10.1. The van der Waals surface area contributed by atoms with E-state index in [1.807, 2.05) is 0 Å². The number of carbonyl (C=O) groups excluding carboxylic acids is 3. The molecule has 0 rings (SSSR count). The summed E-state index contributed by atoms with van der Waals surface area (Å²) in [6.45, 7) is 4.62. The van der Waals surface area contributed by atoms with Crippen LogP contribution < -0.4 is 0 Å². The van der Waals surface area contributed by atoms with Crippen LogP contribution in [0, 0.1) is 0 Å². The average molecular weight is 1070 g/mol. The van der Waals surface area contributed by atoms with E-state index in [-0.39, 0.29) is 25.9 Å². The Hall–Kier alpha value is -2.56. The minimum atomic E-state index is -4.75. The van der Waals surface area contributed by atoms with Crippen molar-refractivity contribution in [1.82, 2.24) is 0 Å². The minimum absolute atomic E-state index is 0.157. The number of unbranched alkanes of at least 4 members (excludes halogenated alkanes) is 32. The van der Waals surface area contributed by atoms with Gasteiger partial charge in [0.15, 0.2) is 6.10 Å². The maximum absolute atomic E-state index is 12.9. The Morgan fingerprint density at radius 1 is 0.378 bits per heavy atom. The zero-order valence-corrected chi connectivity index (χ0v) is 48.7. The number of allylic oxidation sites excluding steroid dienone is 8. The predicted molar refractivity (Wildman–Crippen MR) is 307 cm³/mol. The summed E-state index contributed by atoms with van der Waals surface area (Å²) in [7, 11) is -4.75. The SMILES string of the molecule is CCCCC/C=C\C/C=C\CCCCCCCCCC(=O)OCC(COP(=O)(O)OCC(CO)OC(=O)CCCCCCC/C=C\CCCCCCCC)OC(=O)CCCCCCC/C=C\CCCCCCCC. The van der Waals surface area contributed by atoms with Crippen molar-refractivity contribution in [2.45, 2.75) is 303 Å². The zero-order chi connectivity index (χ0) is 54.1. The van der Waals surface area contributed by atoms with E-state index in [1.54, 1.807) is 0 Å². The molecule has 11 nitrogen and oxygen atoms in total. The molecule has 0 aliphatic rings. The summed E-state index contributed by atoms with van der Waals surface area (Å²) in [5.74, 6) is -1.48. The molecule has 0 bridgehead atoms. The Balaban J connectivity index is 4.72. The number of phosphoric acid groups is 1. The first-order valence-electron chi connectivity index (χ1n) is 30.5. The molecule has 0 saturated heterocycles. The highest BCUT2D eigenvalue weighted by Gasteiger charge is 2.28. The fourth-order valence-corrected chi connectivity index (χ4v) is 9.28. The molecular formula is C62H113O11P. The van der Waals surface area contributed by atoms with Gasteiger partial charge in [-0.1, -0.05) is 217 Å². The fraction of sp³-hybridized carbons (Fsp3) is 0.823. The third kappa shape index (κ3) is 54.2. The molecule has 2 N–H and O–H groups in total. The molecule has 74 heavy (non-hydrogen) atoms. The van der Waals surface area contributed by atoms with Crippen LogP contribution in [0.2, 0.25) is 0 Å². The number of hydrogen-bond acceptors (Lipinski definition) is 10. The van der Waals surface area contributed by atoms with E-state index in [0.29, 0.717) is 19.3 Å². The molecule has 3 atom stereocenters. The zero-order valence-electron chi connectivity index (χ0n) is 47.8. The Kier molecular flexibility index (Phi) is 54.7. The van der Waals surface area contributed by atoms with E-state index in [4.69, 9.17) is 23.3 Å². The summed E-state index contributed by atoms with van der Waals surface area (Å²) in [4.78, 5) is 48.6. The van der Waals surface area contributed by atoms with Crippen LogP contribution in [0.3, 0.4) is 0 Å². The first kappa shape index (κ1) is 71.4. The van der Waals surface area contributed by atoms with Gasteiger partial charge in [0.2, 0.25) is 0 Å². The van der Waals surface area contributed by atoms with Gasteiger partial charge in [-0.15, -0.1) is 0 Å². The van der Waals surface area contributed by atoms with Crippen LogP contribution in [0.5, 0.6) is 0 Å². The number of ether oxygens (including phenoxy) is 3. The summed E-state index contributed by atoms with van der Waals surface area (Å²) in [6.07, 6.45) is 60.6. The van der Waals surface area contributed by atoms with E-state index in [1.165, 1.54) is 122 Å². The summed E-state index contributed by atoms with van der Waals surface area (Å²) in [6, 6.07) is 0. The van der Waals surface area contributed by atoms with Crippen molar-refractivity contribution in [2.75, 3.05) is 26.4 Å². The van der Waals surface area contributed by atoms with Crippen molar-refractivity contribution in [1.29, 1.82) is 0 Å². The van der Waals surface area contributed by atoms with Gasteiger partial charge in [0.1, 0.15) is 12.7 Å². The van der Waals surface area contributed by atoms with Crippen molar-refractivity contribution >= 4 is 25.7 Å². The van der Waals surface area contributed by atoms with Crippen LogP contribution >= 0.6 is 7.82 Å². The molecule has 0 heterocycles. The van der Waals surface area contributed by atoms with Crippen LogP contribution in [0.1, 0.15) is 290 Å². The number of phosphoric ester groups is 1. The van der Waals surface area contributed by atoms with Crippen molar-refractivity contribution in [3.05, 3.63) is 48.6 Å². The highest BCUT2D eigenvalue weighted by atomic mass is 31.2. The van der Waals surface area contributed by atoms with Crippen LogP contribution in [0.15, 0.2) is 48.6 Å². The molecule has 0 radical (unpaired) electrons. The molecule has 0 aromatic heterocycles. The highest BCUT2D eigenvalue weighted by Crippen LogP contribution is 2.43. The first-order valence-corrected chi connectivity index (χ1v) is 32.0. The van der Waals surface area contributed by atoms with Crippen molar-refractivity contribution < 1.29 is 52.2 Å². The fourth-order valence-electron chi connectivity index (χ4n) is 8.49. The Labute approximate surface area is 453 Å². The smallest absolute Gasteiger partial charge is 0.462 e. The van der Waals surface area contributed by atoms with Gasteiger partial charge in [-0.2, -0.15) is 0 Å². The Bertz CT molecular complexity index is 1430. The van der Waals surface area contributed by atoms with E-state index >= 15 is 0 Å². The third-order valence-electron chi connectivity index (χ3n) is 13.2. The molecule has 3 unspecified atom stereocenters. The molecule has 0 fully saturated rings. The van der Waals surface area contributed by atoms with E-state index in [9.17, 15) is 28.9 Å². The molecule has 432 valence electrons. The van der Waals surface area contributed by atoms with Gasteiger partial charge in [0.05, 0.1) is 19.8 Å². The number of hydrogen-bond donors (Lipinski definition) is 2. The van der Waals surface area contributed by atoms with E-state index in [0.717, 1.165) is 109 Å².